The third-order valence-electron chi connectivity index (χ3n) is 5.62. The van der Waals surface area contributed by atoms with Crippen molar-refractivity contribution in [3.63, 3.8) is 0 Å². The Kier molecular flexibility index (Phi) is 5.43. The number of nitrogens with zero attached hydrogens (tertiary/aromatic N) is 4. The lowest BCUT2D eigenvalue weighted by atomic mass is 9.95. The molecular weight excluding hydrogens is 352 g/mol. The molecule has 1 aromatic carbocycles. The van der Waals surface area contributed by atoms with Gasteiger partial charge in [-0.1, -0.05) is 32.0 Å². The van der Waals surface area contributed by atoms with Crippen LogP contribution in [0.4, 0.5) is 5.95 Å². The summed E-state index contributed by atoms with van der Waals surface area (Å²) in [5.74, 6) is 1.27. The van der Waals surface area contributed by atoms with E-state index in [1.807, 2.05) is 18.3 Å². The van der Waals surface area contributed by atoms with E-state index in [1.165, 1.54) is 10.9 Å². The summed E-state index contributed by atoms with van der Waals surface area (Å²) in [5, 5.41) is 8.36. The number of likely N-dealkylation sites (N-methyl/N-ethyl adjacent to an activating group) is 1. The lowest BCUT2D eigenvalue weighted by Crippen LogP contribution is -2.46. The first-order valence-electron chi connectivity index (χ1n) is 10.1. The van der Waals surface area contributed by atoms with Gasteiger partial charge >= 0.3 is 0 Å². The Morgan fingerprint density at radius 3 is 2.79 bits per heavy atom. The van der Waals surface area contributed by atoms with Gasteiger partial charge in [0.2, 0.25) is 5.95 Å². The minimum atomic E-state index is 0.0262. The lowest BCUT2D eigenvalue weighted by molar-refractivity contribution is 0.0955. The molecule has 3 heterocycles. The number of anilines is 1. The molecule has 0 amide bonds. The minimum Gasteiger partial charge on any atom is -0.361 e. The highest BCUT2D eigenvalue weighted by Crippen LogP contribution is 2.22. The monoisotopic (exact) mass is 380 g/mol. The first kappa shape index (κ1) is 18.7. The number of Topliss-reactive ketones (excluding diaryl/α,β-unsaturated/α-hetero) is 1. The van der Waals surface area contributed by atoms with Gasteiger partial charge in [0.05, 0.1) is 0 Å². The second kappa shape index (κ2) is 8.14. The third kappa shape index (κ3) is 3.94. The molecular formula is C21H28N6O. The Hall–Kier alpha value is -2.67. The Labute approximate surface area is 165 Å². The Balaban J connectivity index is 1.35. The molecule has 1 unspecified atom stereocenters. The van der Waals surface area contributed by atoms with Gasteiger partial charge in [0, 0.05) is 49.7 Å². The van der Waals surface area contributed by atoms with Gasteiger partial charge < -0.3 is 14.8 Å². The zero-order valence-corrected chi connectivity index (χ0v) is 16.6. The summed E-state index contributed by atoms with van der Waals surface area (Å²) in [7, 11) is 0. The number of hydrogen-bond donors (Lipinski definition) is 2. The van der Waals surface area contributed by atoms with E-state index in [0.29, 0.717) is 18.2 Å². The topological polar surface area (TPSA) is 80.9 Å². The second-order valence-corrected chi connectivity index (χ2v) is 7.70. The van der Waals surface area contributed by atoms with Gasteiger partial charge in [-0.25, -0.2) is 0 Å². The summed E-state index contributed by atoms with van der Waals surface area (Å²) in [4.78, 5) is 25.0. The van der Waals surface area contributed by atoms with E-state index in [9.17, 15) is 4.79 Å². The summed E-state index contributed by atoms with van der Waals surface area (Å²) in [6.07, 6.45) is 3.36. The zero-order valence-electron chi connectivity index (χ0n) is 16.6. The van der Waals surface area contributed by atoms with E-state index in [-0.39, 0.29) is 11.7 Å². The number of carbonyl (C=O) groups excluding carboxylic acids is 1. The molecule has 0 bridgehead atoms. The molecule has 1 saturated heterocycles. The summed E-state index contributed by atoms with van der Waals surface area (Å²) in [5.41, 5.74) is 2.39. The number of aromatic amines is 2. The predicted octanol–water partition coefficient (Wildman–Crippen LogP) is 2.88. The number of para-hydroxylation sites is 1. The van der Waals surface area contributed by atoms with Crippen molar-refractivity contribution in [1.29, 1.82) is 0 Å². The van der Waals surface area contributed by atoms with Crippen LogP contribution in [-0.4, -0.2) is 63.6 Å². The maximum absolute atomic E-state index is 12.7. The molecule has 3 aromatic rings. The molecule has 1 aliphatic heterocycles. The third-order valence-corrected chi connectivity index (χ3v) is 5.62. The van der Waals surface area contributed by atoms with Crippen LogP contribution in [0.25, 0.3) is 10.9 Å². The molecule has 0 aliphatic carbocycles. The Morgan fingerprint density at radius 1 is 1.21 bits per heavy atom. The van der Waals surface area contributed by atoms with Gasteiger partial charge in [-0.15, -0.1) is 5.10 Å². The Bertz CT molecular complexity index is 937. The molecule has 148 valence electrons. The number of carbonyl (C=O) groups is 1. The van der Waals surface area contributed by atoms with Crippen molar-refractivity contribution < 1.29 is 4.79 Å². The number of hydrogen-bond acceptors (Lipinski definition) is 5. The number of aromatic nitrogens is 4. The van der Waals surface area contributed by atoms with Gasteiger partial charge in [-0.05, 0) is 30.5 Å². The highest BCUT2D eigenvalue weighted by atomic mass is 16.1. The molecule has 2 aromatic heterocycles. The van der Waals surface area contributed by atoms with Crippen molar-refractivity contribution in [3.8, 4) is 0 Å². The van der Waals surface area contributed by atoms with Crippen LogP contribution in [0.5, 0.6) is 0 Å². The summed E-state index contributed by atoms with van der Waals surface area (Å²) in [6.45, 7) is 9.18. The number of H-pyrrole nitrogens is 2. The SMILES string of the molecule is CCN1CCN(c2n[nH]c(C(=O)CC(C)Cc3c[nH]c4ccccc34)n2)CC1. The number of piperazine rings is 1. The molecule has 2 N–H and O–H groups in total. The molecule has 28 heavy (non-hydrogen) atoms. The normalized spacial score (nSPS) is 16.6. The zero-order chi connectivity index (χ0) is 19.5. The highest BCUT2D eigenvalue weighted by molar-refractivity contribution is 5.93. The van der Waals surface area contributed by atoms with Crippen molar-refractivity contribution in [3.05, 3.63) is 41.9 Å². The van der Waals surface area contributed by atoms with Crippen LogP contribution in [0.2, 0.25) is 0 Å². The van der Waals surface area contributed by atoms with Gasteiger partial charge in [-0.3, -0.25) is 9.89 Å². The van der Waals surface area contributed by atoms with E-state index in [4.69, 9.17) is 0 Å². The molecule has 1 fully saturated rings. The van der Waals surface area contributed by atoms with Crippen LogP contribution in [0.1, 0.15) is 36.5 Å². The average molecular weight is 380 g/mol. The van der Waals surface area contributed by atoms with Crippen molar-refractivity contribution in [2.24, 2.45) is 5.92 Å². The molecule has 0 saturated carbocycles. The van der Waals surface area contributed by atoms with E-state index in [0.717, 1.165) is 44.7 Å². The number of rotatable bonds is 7. The lowest BCUT2D eigenvalue weighted by Gasteiger charge is -2.33. The molecule has 0 radical (unpaired) electrons. The smallest absolute Gasteiger partial charge is 0.245 e. The highest BCUT2D eigenvalue weighted by Gasteiger charge is 2.22. The Morgan fingerprint density at radius 2 is 2.00 bits per heavy atom. The van der Waals surface area contributed by atoms with Crippen molar-refractivity contribution in [2.75, 3.05) is 37.6 Å². The van der Waals surface area contributed by atoms with Crippen molar-refractivity contribution in [1.82, 2.24) is 25.1 Å². The average Bonchev–Trinajstić information content (AvgIpc) is 3.36. The first-order chi connectivity index (χ1) is 13.6. The fraction of sp³-hybridized carbons (Fsp3) is 0.476. The summed E-state index contributed by atoms with van der Waals surface area (Å²) < 4.78 is 0. The number of benzene rings is 1. The summed E-state index contributed by atoms with van der Waals surface area (Å²) >= 11 is 0. The molecule has 7 nitrogen and oxygen atoms in total. The number of nitrogens with one attached hydrogen (secondary N) is 2. The minimum absolute atomic E-state index is 0.0262. The van der Waals surface area contributed by atoms with E-state index in [2.05, 4.69) is 55.9 Å². The van der Waals surface area contributed by atoms with Crippen LogP contribution < -0.4 is 4.90 Å². The van der Waals surface area contributed by atoms with Gasteiger partial charge in [0.15, 0.2) is 11.6 Å². The largest absolute Gasteiger partial charge is 0.361 e. The van der Waals surface area contributed by atoms with Crippen LogP contribution in [0, 0.1) is 5.92 Å². The summed E-state index contributed by atoms with van der Waals surface area (Å²) in [6, 6.07) is 8.27. The van der Waals surface area contributed by atoms with E-state index >= 15 is 0 Å². The van der Waals surface area contributed by atoms with E-state index in [1.54, 1.807) is 0 Å². The quantitative estimate of drug-likeness (QED) is 0.616. The van der Waals surface area contributed by atoms with Crippen molar-refractivity contribution in [2.45, 2.75) is 26.7 Å². The molecule has 0 spiro atoms. The first-order valence-corrected chi connectivity index (χ1v) is 10.1. The van der Waals surface area contributed by atoms with Crippen LogP contribution in [0.3, 0.4) is 0 Å². The standard InChI is InChI=1S/C21H28N6O/c1-3-26-8-10-27(11-9-26)21-23-20(24-25-21)19(28)13-15(2)12-16-14-22-18-7-5-4-6-17(16)18/h4-7,14-15,22H,3,8-13H2,1-2H3,(H,23,24,25). The van der Waals surface area contributed by atoms with Gasteiger partial charge in [0.25, 0.3) is 0 Å². The van der Waals surface area contributed by atoms with Crippen LogP contribution in [-0.2, 0) is 6.42 Å². The maximum Gasteiger partial charge on any atom is 0.245 e. The molecule has 1 aliphatic rings. The second-order valence-electron chi connectivity index (χ2n) is 7.70. The maximum atomic E-state index is 12.7. The van der Waals surface area contributed by atoms with Crippen LogP contribution in [0.15, 0.2) is 30.5 Å². The molecule has 7 heteroatoms. The van der Waals surface area contributed by atoms with Gasteiger partial charge in [0.1, 0.15) is 0 Å². The van der Waals surface area contributed by atoms with E-state index < -0.39 is 0 Å². The fourth-order valence-corrected chi connectivity index (χ4v) is 3.94. The fourth-order valence-electron chi connectivity index (χ4n) is 3.94. The molecule has 4 rings (SSSR count). The van der Waals surface area contributed by atoms with Crippen LogP contribution >= 0.6 is 0 Å². The van der Waals surface area contributed by atoms with Gasteiger partial charge in [-0.2, -0.15) is 4.98 Å². The number of ketones is 1. The predicted molar refractivity (Wildman–Crippen MR) is 111 cm³/mol. The van der Waals surface area contributed by atoms with Crippen molar-refractivity contribution >= 4 is 22.6 Å². The molecule has 1 atom stereocenters. The number of fused-ring (bicyclic) bond motifs is 1.